The summed E-state index contributed by atoms with van der Waals surface area (Å²) in [6.07, 6.45) is 0. The van der Waals surface area contributed by atoms with Gasteiger partial charge in [0.05, 0.1) is 22.7 Å². The Labute approximate surface area is 353 Å². The van der Waals surface area contributed by atoms with Gasteiger partial charge in [0, 0.05) is 33.2 Å². The topological polar surface area (TPSA) is 67.4 Å². The number of para-hydroxylation sites is 2. The molecule has 5 nitrogen and oxygen atoms in total. The van der Waals surface area contributed by atoms with Crippen molar-refractivity contribution in [2.24, 2.45) is 0 Å². The molecule has 0 unspecified atom stereocenters. The van der Waals surface area contributed by atoms with Crippen molar-refractivity contribution >= 4 is 32.6 Å². The predicted octanol–water partition coefficient (Wildman–Crippen LogP) is 14.0. The largest absolute Gasteiger partial charge is 0.309 e. The zero-order valence-electron chi connectivity index (χ0n) is 32.9. The Balaban J connectivity index is 0.935. The van der Waals surface area contributed by atoms with Crippen LogP contribution >= 0.6 is 0 Å². The number of hydrogen-bond acceptors (Lipinski definition) is 4. The van der Waals surface area contributed by atoms with Crippen LogP contribution in [0.15, 0.2) is 212 Å². The normalized spacial score (nSPS) is 11.3. The van der Waals surface area contributed by atoms with E-state index in [-0.39, 0.29) is 0 Å². The van der Waals surface area contributed by atoms with Gasteiger partial charge in [-0.25, -0.2) is 15.0 Å². The molecule has 0 aliphatic heterocycles. The molecule has 0 aliphatic rings. The first-order valence-electron chi connectivity index (χ1n) is 20.3. The highest BCUT2D eigenvalue weighted by Gasteiger charge is 2.16. The van der Waals surface area contributed by atoms with Crippen LogP contribution in [0.25, 0.3) is 106 Å². The molecule has 9 aromatic carbocycles. The van der Waals surface area contributed by atoms with Gasteiger partial charge in [-0.05, 0) is 86.6 Å². The molecule has 0 saturated carbocycles. The average molecular weight is 778 g/mol. The number of benzene rings is 9. The summed E-state index contributed by atoms with van der Waals surface area (Å²) in [4.78, 5) is 14.9. The summed E-state index contributed by atoms with van der Waals surface area (Å²) >= 11 is 0. The maximum Gasteiger partial charge on any atom is 0.164 e. The fraction of sp³-hybridized carbons (Fsp3) is 0. The zero-order chi connectivity index (χ0) is 40.7. The molecule has 5 heteroatoms. The molecule has 0 bridgehead atoms. The smallest absolute Gasteiger partial charge is 0.164 e. The van der Waals surface area contributed by atoms with Crippen molar-refractivity contribution in [1.82, 2.24) is 19.5 Å². The van der Waals surface area contributed by atoms with E-state index in [1.807, 2.05) is 48.5 Å². The highest BCUT2D eigenvalue weighted by molar-refractivity contribution is 6.09. The highest BCUT2D eigenvalue weighted by Crippen LogP contribution is 2.36. The molecular formula is C56H35N5. The summed E-state index contributed by atoms with van der Waals surface area (Å²) in [5, 5.41) is 14.8. The lowest BCUT2D eigenvalue weighted by molar-refractivity contribution is 1.07. The third-order valence-corrected chi connectivity index (χ3v) is 11.5. The summed E-state index contributed by atoms with van der Waals surface area (Å²) in [6, 6.07) is 75.9. The van der Waals surface area contributed by atoms with Gasteiger partial charge < -0.3 is 4.57 Å². The van der Waals surface area contributed by atoms with E-state index in [0.29, 0.717) is 23.0 Å². The molecule has 0 spiro atoms. The maximum absolute atomic E-state index is 10.2. The van der Waals surface area contributed by atoms with Crippen molar-refractivity contribution in [3.8, 4) is 79.3 Å². The number of hydrogen-bond donors (Lipinski definition) is 0. The average Bonchev–Trinajstić information content (AvgIpc) is 3.68. The van der Waals surface area contributed by atoms with Crippen LogP contribution < -0.4 is 0 Å². The van der Waals surface area contributed by atoms with E-state index in [4.69, 9.17) is 15.0 Å². The lowest BCUT2D eigenvalue weighted by atomic mass is 9.96. The third kappa shape index (κ3) is 6.69. The molecule has 0 saturated heterocycles. The minimum atomic E-state index is 0.616. The summed E-state index contributed by atoms with van der Waals surface area (Å²) in [7, 11) is 0. The molecule has 0 radical (unpaired) electrons. The molecule has 11 aromatic rings. The van der Waals surface area contributed by atoms with Gasteiger partial charge in [-0.2, -0.15) is 5.26 Å². The molecule has 2 aromatic heterocycles. The highest BCUT2D eigenvalue weighted by atomic mass is 15.0. The van der Waals surface area contributed by atoms with E-state index in [0.717, 1.165) is 77.6 Å². The van der Waals surface area contributed by atoms with Crippen LogP contribution in [0.2, 0.25) is 0 Å². The van der Waals surface area contributed by atoms with Crippen LogP contribution in [-0.4, -0.2) is 19.5 Å². The maximum atomic E-state index is 10.2. The second-order valence-electron chi connectivity index (χ2n) is 15.2. The van der Waals surface area contributed by atoms with Gasteiger partial charge in [0.15, 0.2) is 17.5 Å². The molecule has 0 aliphatic carbocycles. The number of aromatic nitrogens is 4. The fourth-order valence-corrected chi connectivity index (χ4v) is 8.38. The van der Waals surface area contributed by atoms with Crippen LogP contribution in [0.1, 0.15) is 5.56 Å². The van der Waals surface area contributed by atoms with Crippen molar-refractivity contribution in [1.29, 1.82) is 5.26 Å². The molecule has 11 rings (SSSR count). The lowest BCUT2D eigenvalue weighted by Crippen LogP contribution is -2.00. The Bertz CT molecular complexity index is 3400. The van der Waals surface area contributed by atoms with Crippen molar-refractivity contribution in [3.63, 3.8) is 0 Å². The minimum absolute atomic E-state index is 0.616. The first-order chi connectivity index (χ1) is 30.1. The molecule has 2 heterocycles. The Hall–Kier alpha value is -8.46. The van der Waals surface area contributed by atoms with Crippen LogP contribution in [0, 0.1) is 11.3 Å². The van der Waals surface area contributed by atoms with Gasteiger partial charge in [0.1, 0.15) is 0 Å². The van der Waals surface area contributed by atoms with E-state index in [1.165, 1.54) is 10.8 Å². The SMILES string of the molecule is N#Cc1cc(-c2ccc3ccc(-c4ccc(-c5nc(-c6ccccc6)nc(-c6ccc(-c7ccccc7)cc6)n5)cc4)cc3c2)cc(-n2c3ccccc3c3ccccc32)c1. The standard InChI is InChI=1S/C56H35N5/c57-36-37-31-47(35-49(32-37)61-52-17-9-7-15-50(52)51-16-8-10-18-53(51)61)46-30-24-41-23-29-45(33-48(41)34-46)40-21-27-44(28-22-40)56-59-54(42-13-5-2-6-14-42)58-55(60-56)43-25-19-39(20-26-43)38-11-3-1-4-12-38/h1-35H. The van der Waals surface area contributed by atoms with E-state index in [1.54, 1.807) is 0 Å². The van der Waals surface area contributed by atoms with Crippen LogP contribution in [0.4, 0.5) is 0 Å². The summed E-state index contributed by atoms with van der Waals surface area (Å²) in [6.45, 7) is 0. The van der Waals surface area contributed by atoms with Gasteiger partial charge in [-0.1, -0.05) is 170 Å². The van der Waals surface area contributed by atoms with Gasteiger partial charge in [-0.3, -0.25) is 0 Å². The number of rotatable bonds is 7. The monoisotopic (exact) mass is 777 g/mol. The quantitative estimate of drug-likeness (QED) is 0.162. The van der Waals surface area contributed by atoms with Crippen LogP contribution in [0.5, 0.6) is 0 Å². The molecular weight excluding hydrogens is 743 g/mol. The second-order valence-corrected chi connectivity index (χ2v) is 15.2. The summed E-state index contributed by atoms with van der Waals surface area (Å²) in [5.41, 5.74) is 13.1. The fourth-order valence-electron chi connectivity index (χ4n) is 8.38. The second kappa shape index (κ2) is 15.0. The number of nitrogens with zero attached hydrogens (tertiary/aromatic N) is 5. The first kappa shape index (κ1) is 35.7. The zero-order valence-corrected chi connectivity index (χ0v) is 32.9. The van der Waals surface area contributed by atoms with Crippen molar-refractivity contribution in [2.75, 3.05) is 0 Å². The molecule has 0 atom stereocenters. The molecule has 0 amide bonds. The Morgan fingerprint density at radius 3 is 1.28 bits per heavy atom. The summed E-state index contributed by atoms with van der Waals surface area (Å²) in [5.74, 6) is 1.87. The van der Waals surface area contributed by atoms with Crippen molar-refractivity contribution < 1.29 is 0 Å². The van der Waals surface area contributed by atoms with Crippen LogP contribution in [0.3, 0.4) is 0 Å². The summed E-state index contributed by atoms with van der Waals surface area (Å²) < 4.78 is 2.27. The lowest BCUT2D eigenvalue weighted by Gasteiger charge is -2.12. The van der Waals surface area contributed by atoms with Gasteiger partial charge >= 0.3 is 0 Å². The molecule has 284 valence electrons. The van der Waals surface area contributed by atoms with Gasteiger partial charge in [0.2, 0.25) is 0 Å². The number of fused-ring (bicyclic) bond motifs is 4. The van der Waals surface area contributed by atoms with E-state index in [2.05, 4.69) is 174 Å². The minimum Gasteiger partial charge on any atom is -0.309 e. The molecule has 61 heavy (non-hydrogen) atoms. The van der Waals surface area contributed by atoms with E-state index < -0.39 is 0 Å². The van der Waals surface area contributed by atoms with E-state index >= 15 is 0 Å². The molecule has 0 N–H and O–H groups in total. The van der Waals surface area contributed by atoms with Gasteiger partial charge in [-0.15, -0.1) is 0 Å². The van der Waals surface area contributed by atoms with E-state index in [9.17, 15) is 5.26 Å². The van der Waals surface area contributed by atoms with Crippen molar-refractivity contribution in [3.05, 3.63) is 218 Å². The molecule has 0 fully saturated rings. The predicted molar refractivity (Wildman–Crippen MR) is 249 cm³/mol. The number of nitriles is 1. The Kier molecular flexibility index (Phi) is 8.80. The van der Waals surface area contributed by atoms with Crippen LogP contribution in [-0.2, 0) is 0 Å². The van der Waals surface area contributed by atoms with Crippen molar-refractivity contribution in [2.45, 2.75) is 0 Å². The third-order valence-electron chi connectivity index (χ3n) is 11.5. The Morgan fingerprint density at radius 2 is 0.738 bits per heavy atom. The van der Waals surface area contributed by atoms with Gasteiger partial charge in [0.25, 0.3) is 0 Å². The Morgan fingerprint density at radius 1 is 0.328 bits per heavy atom. The first-order valence-corrected chi connectivity index (χ1v) is 20.3.